The van der Waals surface area contributed by atoms with Gasteiger partial charge in [-0.25, -0.2) is 9.59 Å². The van der Waals surface area contributed by atoms with Gasteiger partial charge in [-0.05, 0) is 37.6 Å². The molecule has 1 unspecified atom stereocenters. The van der Waals surface area contributed by atoms with Crippen LogP contribution in [-0.4, -0.2) is 60.1 Å². The van der Waals surface area contributed by atoms with Gasteiger partial charge in [-0.2, -0.15) is 0 Å². The zero-order chi connectivity index (χ0) is 26.7. The molecule has 2 aromatic carbocycles. The number of fused-ring (bicyclic) bond motifs is 1. The average Bonchev–Trinajstić information content (AvgIpc) is 3.11. The maximum atomic E-state index is 13.1. The molecule has 2 aromatic rings. The van der Waals surface area contributed by atoms with Crippen molar-refractivity contribution in [2.75, 3.05) is 26.4 Å². The molecule has 9 nitrogen and oxygen atoms in total. The normalized spacial score (nSPS) is 17.2. The van der Waals surface area contributed by atoms with Gasteiger partial charge in [0.2, 0.25) is 0 Å². The quantitative estimate of drug-likeness (QED) is 0.290. The third-order valence-corrected chi connectivity index (χ3v) is 6.51. The molecule has 192 valence electrons. The summed E-state index contributed by atoms with van der Waals surface area (Å²) in [7, 11) is 0. The zero-order valence-corrected chi connectivity index (χ0v) is 21.0. The molecule has 37 heavy (non-hydrogen) atoms. The highest BCUT2D eigenvalue weighted by Crippen LogP contribution is 2.41. The van der Waals surface area contributed by atoms with E-state index in [-0.39, 0.29) is 37.5 Å². The van der Waals surface area contributed by atoms with Crippen LogP contribution in [0.3, 0.4) is 0 Å². The van der Waals surface area contributed by atoms with Crippen molar-refractivity contribution in [1.82, 2.24) is 10.2 Å². The van der Waals surface area contributed by atoms with E-state index in [4.69, 9.17) is 21.1 Å². The largest absolute Gasteiger partial charge is 0.478 e. The molecule has 2 aliphatic rings. The minimum absolute atomic E-state index is 0.00192. The number of dihydropyridines is 1. The first-order valence-electron chi connectivity index (χ1n) is 11.6. The van der Waals surface area contributed by atoms with Gasteiger partial charge in [0, 0.05) is 10.7 Å². The van der Waals surface area contributed by atoms with Crippen LogP contribution in [0.4, 0.5) is 0 Å². The van der Waals surface area contributed by atoms with Gasteiger partial charge in [0.15, 0.2) is 0 Å². The Morgan fingerprint density at radius 3 is 2.24 bits per heavy atom. The fourth-order valence-corrected chi connectivity index (χ4v) is 4.78. The van der Waals surface area contributed by atoms with Gasteiger partial charge in [-0.1, -0.05) is 41.9 Å². The Balaban J connectivity index is 1.59. The number of nitrogens with zero attached hydrogens (tertiary/aromatic N) is 1. The number of rotatable bonds is 9. The van der Waals surface area contributed by atoms with Crippen LogP contribution in [0.2, 0.25) is 5.02 Å². The highest BCUT2D eigenvalue weighted by Gasteiger charge is 2.39. The molecule has 0 aromatic heterocycles. The van der Waals surface area contributed by atoms with E-state index in [2.05, 4.69) is 5.32 Å². The third-order valence-electron chi connectivity index (χ3n) is 6.17. The number of nitrogens with one attached hydrogen (secondary N) is 1. The molecule has 10 heteroatoms. The number of esters is 1. The summed E-state index contributed by atoms with van der Waals surface area (Å²) in [6.07, 6.45) is 0. The Morgan fingerprint density at radius 2 is 1.65 bits per heavy atom. The predicted molar refractivity (Wildman–Crippen MR) is 134 cm³/mol. The molecule has 0 aliphatic carbocycles. The van der Waals surface area contributed by atoms with Crippen LogP contribution in [0.1, 0.15) is 46.0 Å². The number of hydrogen-bond acceptors (Lipinski definition) is 7. The van der Waals surface area contributed by atoms with E-state index in [1.165, 1.54) is 0 Å². The molecule has 2 aliphatic heterocycles. The van der Waals surface area contributed by atoms with Gasteiger partial charge in [-0.3, -0.25) is 14.5 Å². The number of carbonyl (C=O) groups excluding carboxylic acids is 3. The van der Waals surface area contributed by atoms with Gasteiger partial charge in [0.05, 0.1) is 60.3 Å². The van der Waals surface area contributed by atoms with Crippen LogP contribution in [0, 0.1) is 0 Å². The Kier molecular flexibility index (Phi) is 7.75. The molecule has 0 saturated heterocycles. The molecule has 2 N–H and O–H groups in total. The summed E-state index contributed by atoms with van der Waals surface area (Å²) in [5, 5.41) is 13.3. The van der Waals surface area contributed by atoms with Crippen molar-refractivity contribution in [2.45, 2.75) is 19.8 Å². The summed E-state index contributed by atoms with van der Waals surface area (Å²) >= 11 is 6.42. The van der Waals surface area contributed by atoms with Crippen molar-refractivity contribution >= 4 is 35.4 Å². The second-order valence-corrected chi connectivity index (χ2v) is 8.80. The maximum Gasteiger partial charge on any atom is 0.336 e. The minimum atomic E-state index is -1.21. The first-order valence-corrected chi connectivity index (χ1v) is 12.0. The van der Waals surface area contributed by atoms with Crippen molar-refractivity contribution in [3.05, 3.63) is 92.8 Å². The van der Waals surface area contributed by atoms with Crippen molar-refractivity contribution in [1.29, 1.82) is 0 Å². The molecule has 0 spiro atoms. The van der Waals surface area contributed by atoms with Gasteiger partial charge < -0.3 is 19.9 Å². The maximum absolute atomic E-state index is 13.1. The Labute approximate surface area is 218 Å². The number of amides is 2. The molecule has 0 saturated carbocycles. The molecule has 0 radical (unpaired) electrons. The van der Waals surface area contributed by atoms with Crippen LogP contribution in [0.5, 0.6) is 0 Å². The number of allylic oxidation sites excluding steroid dienone is 1. The highest BCUT2D eigenvalue weighted by atomic mass is 35.5. The fourth-order valence-electron chi connectivity index (χ4n) is 4.54. The lowest BCUT2D eigenvalue weighted by molar-refractivity contribution is -0.139. The fraction of sp³-hybridized carbons (Fsp3) is 0.259. The van der Waals surface area contributed by atoms with Crippen LogP contribution < -0.4 is 5.32 Å². The lowest BCUT2D eigenvalue weighted by atomic mass is 9.80. The average molecular weight is 525 g/mol. The molecule has 4 rings (SSSR count). The molecule has 2 amide bonds. The van der Waals surface area contributed by atoms with E-state index in [1.807, 2.05) is 0 Å². The van der Waals surface area contributed by atoms with Crippen LogP contribution >= 0.6 is 11.6 Å². The topological polar surface area (TPSA) is 122 Å². The summed E-state index contributed by atoms with van der Waals surface area (Å²) in [4.78, 5) is 51.6. The van der Waals surface area contributed by atoms with Gasteiger partial charge >= 0.3 is 11.9 Å². The van der Waals surface area contributed by atoms with Crippen LogP contribution in [0.15, 0.2) is 71.1 Å². The summed E-state index contributed by atoms with van der Waals surface area (Å²) in [6, 6.07) is 13.3. The summed E-state index contributed by atoms with van der Waals surface area (Å²) in [5.74, 6) is -3.70. The Morgan fingerprint density at radius 1 is 1.03 bits per heavy atom. The lowest BCUT2D eigenvalue weighted by Gasteiger charge is -2.31. The summed E-state index contributed by atoms with van der Waals surface area (Å²) in [6.45, 7) is 3.21. The third kappa shape index (κ3) is 5.00. The van der Waals surface area contributed by atoms with Crippen LogP contribution in [-0.2, 0) is 19.1 Å². The van der Waals surface area contributed by atoms with Crippen molar-refractivity contribution in [2.24, 2.45) is 0 Å². The number of carboxylic acids is 1. The van der Waals surface area contributed by atoms with Gasteiger partial charge in [0.1, 0.15) is 0 Å². The molecular formula is C27H25ClN2O7. The van der Waals surface area contributed by atoms with Gasteiger partial charge in [-0.15, -0.1) is 0 Å². The van der Waals surface area contributed by atoms with Gasteiger partial charge in [0.25, 0.3) is 11.8 Å². The molecule has 0 bridgehead atoms. The van der Waals surface area contributed by atoms with E-state index < -0.39 is 29.7 Å². The number of carbonyl (C=O) groups is 4. The van der Waals surface area contributed by atoms with E-state index >= 15 is 0 Å². The minimum Gasteiger partial charge on any atom is -0.478 e. The number of halogens is 1. The first kappa shape index (κ1) is 26.1. The number of benzene rings is 2. The molecule has 0 fully saturated rings. The zero-order valence-electron chi connectivity index (χ0n) is 20.2. The molecule has 2 heterocycles. The Hall–Kier alpha value is -3.95. The number of imide groups is 1. The second-order valence-electron chi connectivity index (χ2n) is 8.40. The highest BCUT2D eigenvalue weighted by molar-refractivity contribution is 6.31. The summed E-state index contributed by atoms with van der Waals surface area (Å²) < 4.78 is 11.0. The van der Waals surface area contributed by atoms with E-state index in [9.17, 15) is 24.3 Å². The van der Waals surface area contributed by atoms with E-state index in [0.29, 0.717) is 33.1 Å². The standard InChI is InChI=1S/C27H25ClN2O7/c1-3-37-27(35)23-20(14-36-13-12-30-24(31)16-8-4-5-9-17(16)25(30)32)29-15(2)21(26(33)34)22(23)18-10-6-7-11-19(18)28/h4-11,22,29H,3,12-14H2,1-2H3,(H,33,34). The SMILES string of the molecule is CCOC(=O)C1=C(COCCN2C(=O)c3ccccc3C2=O)NC(C)=C(C(=O)O)C1c1ccccc1Cl. The number of aliphatic carboxylic acids is 1. The number of carboxylic acid groups (broad SMARTS) is 1. The second kappa shape index (κ2) is 11.0. The van der Waals surface area contributed by atoms with E-state index in [0.717, 1.165) is 4.90 Å². The monoisotopic (exact) mass is 524 g/mol. The smallest absolute Gasteiger partial charge is 0.336 e. The molecular weight excluding hydrogens is 500 g/mol. The number of ether oxygens (including phenoxy) is 2. The Bertz CT molecular complexity index is 1310. The molecule has 1 atom stereocenters. The number of hydrogen-bond donors (Lipinski definition) is 2. The van der Waals surface area contributed by atoms with Crippen LogP contribution in [0.25, 0.3) is 0 Å². The lowest BCUT2D eigenvalue weighted by Crippen LogP contribution is -2.36. The van der Waals surface area contributed by atoms with Crippen molar-refractivity contribution in [3.8, 4) is 0 Å². The van der Waals surface area contributed by atoms with Crippen molar-refractivity contribution in [3.63, 3.8) is 0 Å². The van der Waals surface area contributed by atoms with E-state index in [1.54, 1.807) is 62.4 Å². The van der Waals surface area contributed by atoms with Crippen molar-refractivity contribution < 1.29 is 33.8 Å². The first-order chi connectivity index (χ1) is 17.8. The predicted octanol–water partition coefficient (Wildman–Crippen LogP) is 3.52. The summed E-state index contributed by atoms with van der Waals surface area (Å²) in [5.41, 5.74) is 1.80.